The molecule has 0 radical (unpaired) electrons. The van der Waals surface area contributed by atoms with E-state index in [2.05, 4.69) is 6.92 Å². The summed E-state index contributed by atoms with van der Waals surface area (Å²) in [5.41, 5.74) is 0. The molecule has 0 N–H and O–H groups in total. The molecule has 0 aliphatic carbocycles. The molecule has 0 saturated carbocycles. The molecule has 1 heterocycles. The van der Waals surface area contributed by atoms with Crippen molar-refractivity contribution in [2.75, 3.05) is 13.2 Å². The van der Waals surface area contributed by atoms with Gasteiger partial charge in [-0.05, 0) is 18.9 Å². The van der Waals surface area contributed by atoms with Gasteiger partial charge < -0.3 is 14.2 Å². The van der Waals surface area contributed by atoms with Crippen LogP contribution in [0.15, 0.2) is 12.2 Å². The molecule has 4 heteroatoms. The molecule has 17 heavy (non-hydrogen) atoms. The highest BCUT2D eigenvalue weighted by atomic mass is 16.7. The zero-order valence-electron chi connectivity index (χ0n) is 10.7. The summed E-state index contributed by atoms with van der Waals surface area (Å²) in [6.07, 6.45) is 6.23. The van der Waals surface area contributed by atoms with Gasteiger partial charge in [-0.1, -0.05) is 26.3 Å². The van der Waals surface area contributed by atoms with E-state index in [0.717, 1.165) is 19.3 Å². The van der Waals surface area contributed by atoms with Gasteiger partial charge >= 0.3 is 5.97 Å². The largest absolute Gasteiger partial charge is 0.464 e. The first kappa shape index (κ1) is 14.2. The number of rotatable bonds is 7. The van der Waals surface area contributed by atoms with Crippen LogP contribution in [0.2, 0.25) is 0 Å². The van der Waals surface area contributed by atoms with Crippen LogP contribution in [-0.2, 0) is 19.0 Å². The molecule has 0 aromatic heterocycles. The predicted octanol–water partition coefficient (Wildman–Crippen LogP) is 2.43. The van der Waals surface area contributed by atoms with Crippen LogP contribution in [0.3, 0.4) is 0 Å². The van der Waals surface area contributed by atoms with Gasteiger partial charge in [0.1, 0.15) is 0 Å². The lowest BCUT2D eigenvalue weighted by Gasteiger charge is -2.24. The van der Waals surface area contributed by atoms with Crippen LogP contribution in [0.1, 0.15) is 39.5 Å². The topological polar surface area (TPSA) is 44.8 Å². The Morgan fingerprint density at radius 2 is 2.18 bits per heavy atom. The van der Waals surface area contributed by atoms with E-state index in [1.165, 1.54) is 0 Å². The molecule has 1 rings (SSSR count). The van der Waals surface area contributed by atoms with Crippen LogP contribution in [-0.4, -0.2) is 31.6 Å². The number of carbonyl (C=O) groups is 1. The molecule has 0 aromatic carbocycles. The normalized spacial score (nSPS) is 23.6. The number of hydrogen-bond donors (Lipinski definition) is 0. The van der Waals surface area contributed by atoms with E-state index in [4.69, 9.17) is 14.2 Å². The van der Waals surface area contributed by atoms with Crippen LogP contribution >= 0.6 is 0 Å². The quantitative estimate of drug-likeness (QED) is 0.391. The fourth-order valence-electron chi connectivity index (χ4n) is 1.47. The lowest BCUT2D eigenvalue weighted by atomic mass is 10.2. The lowest BCUT2D eigenvalue weighted by Crippen LogP contribution is -2.34. The average Bonchev–Trinajstić information content (AvgIpc) is 2.37. The summed E-state index contributed by atoms with van der Waals surface area (Å²) in [5, 5.41) is 0. The average molecular weight is 242 g/mol. The molecule has 2 atom stereocenters. The van der Waals surface area contributed by atoms with Crippen molar-refractivity contribution in [2.24, 2.45) is 0 Å². The Bertz CT molecular complexity index is 250. The summed E-state index contributed by atoms with van der Waals surface area (Å²) in [6, 6.07) is 0. The molecule has 2 unspecified atom stereocenters. The van der Waals surface area contributed by atoms with Gasteiger partial charge in [-0.25, -0.2) is 4.79 Å². The van der Waals surface area contributed by atoms with Gasteiger partial charge in [0.05, 0.1) is 6.61 Å². The second-order valence-electron chi connectivity index (χ2n) is 4.05. The van der Waals surface area contributed by atoms with Crippen molar-refractivity contribution in [3.8, 4) is 0 Å². The fourth-order valence-corrected chi connectivity index (χ4v) is 1.47. The third kappa shape index (κ3) is 5.33. The maximum absolute atomic E-state index is 11.7. The minimum absolute atomic E-state index is 0.284. The third-order valence-electron chi connectivity index (χ3n) is 2.43. The van der Waals surface area contributed by atoms with Gasteiger partial charge in [-0.2, -0.15) is 0 Å². The van der Waals surface area contributed by atoms with Crippen LogP contribution in [0, 0.1) is 0 Å². The van der Waals surface area contributed by atoms with Gasteiger partial charge in [0.2, 0.25) is 0 Å². The standard InChI is InChI=1S/C13H22O4/c1-3-5-10-16-13(14)11-7-6-8-12(17-11)15-9-4-2/h6,8,11-12H,3-5,7,9-10H2,1-2H3. The van der Waals surface area contributed by atoms with Crippen molar-refractivity contribution < 1.29 is 19.0 Å². The number of ether oxygens (including phenoxy) is 3. The highest BCUT2D eigenvalue weighted by Crippen LogP contribution is 2.15. The van der Waals surface area contributed by atoms with Crippen LogP contribution in [0.4, 0.5) is 0 Å². The second-order valence-corrected chi connectivity index (χ2v) is 4.05. The third-order valence-corrected chi connectivity index (χ3v) is 2.43. The van der Waals surface area contributed by atoms with Crippen molar-refractivity contribution in [1.29, 1.82) is 0 Å². The monoisotopic (exact) mass is 242 g/mol. The molecular weight excluding hydrogens is 220 g/mol. The zero-order valence-corrected chi connectivity index (χ0v) is 10.7. The van der Waals surface area contributed by atoms with E-state index in [0.29, 0.717) is 19.6 Å². The zero-order chi connectivity index (χ0) is 12.5. The Labute approximate surface area is 103 Å². The lowest BCUT2D eigenvalue weighted by molar-refractivity contribution is -0.183. The van der Waals surface area contributed by atoms with Crippen molar-refractivity contribution >= 4 is 5.97 Å². The molecule has 1 aliphatic rings. The fraction of sp³-hybridized carbons (Fsp3) is 0.769. The molecular formula is C13H22O4. The Hall–Kier alpha value is -0.870. The Morgan fingerprint density at radius 3 is 2.88 bits per heavy atom. The highest BCUT2D eigenvalue weighted by Gasteiger charge is 2.26. The Kier molecular flexibility index (Phi) is 6.89. The number of hydrogen-bond acceptors (Lipinski definition) is 4. The first-order valence-electron chi connectivity index (χ1n) is 6.38. The maximum Gasteiger partial charge on any atom is 0.335 e. The van der Waals surface area contributed by atoms with E-state index in [9.17, 15) is 4.79 Å². The number of unbranched alkanes of at least 4 members (excludes halogenated alkanes) is 1. The minimum atomic E-state index is -0.515. The van der Waals surface area contributed by atoms with Crippen molar-refractivity contribution in [3.05, 3.63) is 12.2 Å². The number of carbonyl (C=O) groups excluding carboxylic acids is 1. The van der Waals surface area contributed by atoms with E-state index in [1.54, 1.807) is 0 Å². The van der Waals surface area contributed by atoms with Gasteiger partial charge in [-0.3, -0.25) is 0 Å². The van der Waals surface area contributed by atoms with E-state index < -0.39 is 12.4 Å². The Balaban J connectivity index is 2.29. The van der Waals surface area contributed by atoms with Crippen LogP contribution in [0.5, 0.6) is 0 Å². The minimum Gasteiger partial charge on any atom is -0.464 e. The van der Waals surface area contributed by atoms with Crippen molar-refractivity contribution in [1.82, 2.24) is 0 Å². The summed E-state index contributed by atoms with van der Waals surface area (Å²) < 4.78 is 16.0. The summed E-state index contributed by atoms with van der Waals surface area (Å²) in [4.78, 5) is 11.7. The molecule has 0 bridgehead atoms. The number of esters is 1. The highest BCUT2D eigenvalue weighted by molar-refractivity contribution is 5.75. The SMILES string of the molecule is CCCCOC(=O)C1CC=CC(OCCC)O1. The first-order valence-corrected chi connectivity index (χ1v) is 6.38. The molecule has 0 fully saturated rings. The molecule has 0 spiro atoms. The van der Waals surface area contributed by atoms with Gasteiger partial charge in [0.25, 0.3) is 0 Å². The van der Waals surface area contributed by atoms with Gasteiger partial charge in [0.15, 0.2) is 12.4 Å². The van der Waals surface area contributed by atoms with Crippen molar-refractivity contribution in [2.45, 2.75) is 51.9 Å². The van der Waals surface area contributed by atoms with Crippen LogP contribution < -0.4 is 0 Å². The summed E-state index contributed by atoms with van der Waals surface area (Å²) in [6.45, 7) is 5.19. The maximum atomic E-state index is 11.7. The predicted molar refractivity (Wildman–Crippen MR) is 64.5 cm³/mol. The Morgan fingerprint density at radius 1 is 1.35 bits per heavy atom. The molecule has 0 amide bonds. The second kappa shape index (κ2) is 8.25. The first-order chi connectivity index (χ1) is 8.27. The molecule has 0 saturated heterocycles. The van der Waals surface area contributed by atoms with Gasteiger partial charge in [0, 0.05) is 13.0 Å². The summed E-state index contributed by atoms with van der Waals surface area (Å²) in [7, 11) is 0. The van der Waals surface area contributed by atoms with Crippen LogP contribution in [0.25, 0.3) is 0 Å². The molecule has 98 valence electrons. The molecule has 4 nitrogen and oxygen atoms in total. The van der Waals surface area contributed by atoms with E-state index in [1.807, 2.05) is 19.1 Å². The molecule has 1 aliphatic heterocycles. The smallest absolute Gasteiger partial charge is 0.335 e. The summed E-state index contributed by atoms with van der Waals surface area (Å²) >= 11 is 0. The van der Waals surface area contributed by atoms with Crippen molar-refractivity contribution in [3.63, 3.8) is 0 Å². The van der Waals surface area contributed by atoms with E-state index >= 15 is 0 Å². The van der Waals surface area contributed by atoms with E-state index in [-0.39, 0.29) is 5.97 Å². The molecule has 0 aromatic rings. The summed E-state index contributed by atoms with van der Waals surface area (Å²) in [5.74, 6) is -0.284. The van der Waals surface area contributed by atoms with Gasteiger partial charge in [-0.15, -0.1) is 0 Å².